The summed E-state index contributed by atoms with van der Waals surface area (Å²) in [6.07, 6.45) is 3.71. The molecular weight excluding hydrogens is 298 g/mol. The first-order chi connectivity index (χ1) is 8.24. The molecule has 0 atom stereocenters. The predicted molar refractivity (Wildman–Crippen MR) is 76.6 cm³/mol. The van der Waals surface area contributed by atoms with Crippen molar-refractivity contribution in [3.05, 3.63) is 28.3 Å². The van der Waals surface area contributed by atoms with E-state index < -0.39 is 0 Å². The quantitative estimate of drug-likeness (QED) is 0.859. The third-order valence-corrected chi connectivity index (χ3v) is 4.08. The van der Waals surface area contributed by atoms with Crippen LogP contribution in [0.15, 0.2) is 28.3 Å². The summed E-state index contributed by atoms with van der Waals surface area (Å²) >= 11 is 5.04. The van der Waals surface area contributed by atoms with Gasteiger partial charge in [-0.25, -0.2) is 9.97 Å². The van der Waals surface area contributed by atoms with Gasteiger partial charge in [0.1, 0.15) is 10.8 Å². The molecule has 0 radical (unpaired) electrons. The van der Waals surface area contributed by atoms with Gasteiger partial charge in [-0.15, -0.1) is 11.3 Å². The van der Waals surface area contributed by atoms with Crippen molar-refractivity contribution in [1.82, 2.24) is 9.97 Å². The van der Waals surface area contributed by atoms with Crippen LogP contribution in [-0.2, 0) is 0 Å². The molecule has 90 valence electrons. The first-order valence-electron chi connectivity index (χ1n) is 5.57. The van der Waals surface area contributed by atoms with E-state index in [0.29, 0.717) is 0 Å². The molecule has 0 amide bonds. The third-order valence-electron chi connectivity index (χ3n) is 2.56. The Hall–Kier alpha value is -0.940. The molecule has 0 spiro atoms. The molecule has 0 unspecified atom stereocenters. The van der Waals surface area contributed by atoms with E-state index in [1.807, 2.05) is 12.4 Å². The smallest absolute Gasteiger partial charge is 0.128 e. The molecule has 0 aromatic carbocycles. The van der Waals surface area contributed by atoms with Gasteiger partial charge in [0.25, 0.3) is 0 Å². The number of nitrogens with zero attached hydrogens (tertiary/aromatic N) is 3. The lowest BCUT2D eigenvalue weighted by Gasteiger charge is -2.19. The van der Waals surface area contributed by atoms with Crippen molar-refractivity contribution in [3.63, 3.8) is 0 Å². The molecule has 0 fully saturated rings. The van der Waals surface area contributed by atoms with Gasteiger partial charge in [-0.05, 0) is 41.9 Å². The number of hydrogen-bond donors (Lipinski definition) is 0. The summed E-state index contributed by atoms with van der Waals surface area (Å²) in [5.41, 5.74) is 1.07. The Morgan fingerprint density at radius 3 is 2.41 bits per heavy atom. The third kappa shape index (κ3) is 2.84. The first-order valence-corrected chi connectivity index (χ1v) is 7.18. The molecule has 0 aliphatic carbocycles. The van der Waals surface area contributed by atoms with Crippen molar-refractivity contribution < 1.29 is 0 Å². The topological polar surface area (TPSA) is 29.0 Å². The zero-order valence-electron chi connectivity index (χ0n) is 9.85. The summed E-state index contributed by atoms with van der Waals surface area (Å²) in [7, 11) is 0. The Labute approximate surface area is 114 Å². The maximum atomic E-state index is 4.48. The van der Waals surface area contributed by atoms with Crippen LogP contribution in [0.5, 0.6) is 0 Å². The molecule has 2 rings (SSSR count). The minimum Gasteiger partial charge on any atom is -0.357 e. The largest absolute Gasteiger partial charge is 0.357 e. The van der Waals surface area contributed by atoms with E-state index in [1.54, 1.807) is 11.3 Å². The monoisotopic (exact) mass is 311 g/mol. The number of aromatic nitrogens is 2. The van der Waals surface area contributed by atoms with Crippen LogP contribution in [0.4, 0.5) is 5.82 Å². The van der Waals surface area contributed by atoms with Crippen molar-refractivity contribution >= 4 is 33.1 Å². The average molecular weight is 312 g/mol. The number of rotatable bonds is 4. The second-order valence-electron chi connectivity index (χ2n) is 3.55. The van der Waals surface area contributed by atoms with E-state index >= 15 is 0 Å². The molecule has 0 aliphatic heterocycles. The normalized spacial score (nSPS) is 10.5. The highest BCUT2D eigenvalue weighted by molar-refractivity contribution is 9.11. The summed E-state index contributed by atoms with van der Waals surface area (Å²) in [6, 6.07) is 4.13. The van der Waals surface area contributed by atoms with Crippen LogP contribution in [0.1, 0.15) is 13.8 Å². The molecule has 5 heteroatoms. The summed E-state index contributed by atoms with van der Waals surface area (Å²) in [4.78, 5) is 11.0. The number of pyridine rings is 1. The van der Waals surface area contributed by atoms with E-state index in [4.69, 9.17) is 0 Å². The van der Waals surface area contributed by atoms with E-state index in [2.05, 4.69) is 56.8 Å². The molecular formula is C12H14BrN3S. The second-order valence-corrected chi connectivity index (χ2v) is 5.96. The molecule has 0 aliphatic rings. The SMILES string of the molecule is CCN(CC)c1ccc(-c2ncc(Br)s2)cn1. The van der Waals surface area contributed by atoms with Gasteiger partial charge >= 0.3 is 0 Å². The lowest BCUT2D eigenvalue weighted by Crippen LogP contribution is -2.22. The maximum Gasteiger partial charge on any atom is 0.128 e. The first kappa shape index (κ1) is 12.5. The van der Waals surface area contributed by atoms with Crippen molar-refractivity contribution in [1.29, 1.82) is 0 Å². The van der Waals surface area contributed by atoms with Gasteiger partial charge in [0.05, 0.1) is 9.98 Å². The highest BCUT2D eigenvalue weighted by Crippen LogP contribution is 2.28. The molecule has 0 bridgehead atoms. The van der Waals surface area contributed by atoms with Crippen LogP contribution >= 0.6 is 27.3 Å². The Bertz CT molecular complexity index is 477. The fraction of sp³-hybridized carbons (Fsp3) is 0.333. The van der Waals surface area contributed by atoms with Gasteiger partial charge in [-0.2, -0.15) is 0 Å². The highest BCUT2D eigenvalue weighted by atomic mass is 79.9. The van der Waals surface area contributed by atoms with Gasteiger partial charge in [0, 0.05) is 24.8 Å². The predicted octanol–water partition coefficient (Wildman–Crippen LogP) is 3.81. The summed E-state index contributed by atoms with van der Waals surface area (Å²) in [6.45, 7) is 6.23. The van der Waals surface area contributed by atoms with Gasteiger partial charge < -0.3 is 4.90 Å². The van der Waals surface area contributed by atoms with Crippen molar-refractivity contribution in [2.75, 3.05) is 18.0 Å². The molecule has 17 heavy (non-hydrogen) atoms. The average Bonchev–Trinajstić information content (AvgIpc) is 2.78. The van der Waals surface area contributed by atoms with E-state index in [-0.39, 0.29) is 0 Å². The molecule has 2 heterocycles. The Kier molecular flexibility index (Phi) is 4.12. The van der Waals surface area contributed by atoms with Crippen LogP contribution in [0.3, 0.4) is 0 Å². The lowest BCUT2D eigenvalue weighted by molar-refractivity contribution is 0.846. The van der Waals surface area contributed by atoms with Crippen LogP contribution in [-0.4, -0.2) is 23.1 Å². The molecule has 3 nitrogen and oxygen atoms in total. The minimum absolute atomic E-state index is 0.978. The van der Waals surface area contributed by atoms with Gasteiger partial charge in [0.15, 0.2) is 0 Å². The van der Waals surface area contributed by atoms with Crippen LogP contribution in [0.2, 0.25) is 0 Å². The molecule has 2 aromatic heterocycles. The van der Waals surface area contributed by atoms with Gasteiger partial charge in [-0.1, -0.05) is 0 Å². The van der Waals surface area contributed by atoms with E-state index in [0.717, 1.165) is 33.3 Å². The van der Waals surface area contributed by atoms with Gasteiger partial charge in [-0.3, -0.25) is 0 Å². The van der Waals surface area contributed by atoms with Crippen molar-refractivity contribution in [3.8, 4) is 10.6 Å². The summed E-state index contributed by atoms with van der Waals surface area (Å²) < 4.78 is 1.04. The molecule has 2 aromatic rings. The summed E-state index contributed by atoms with van der Waals surface area (Å²) in [5.74, 6) is 1.02. The lowest BCUT2D eigenvalue weighted by atomic mass is 10.3. The van der Waals surface area contributed by atoms with Crippen molar-refractivity contribution in [2.45, 2.75) is 13.8 Å². The number of anilines is 1. The van der Waals surface area contributed by atoms with E-state index in [1.165, 1.54) is 0 Å². The van der Waals surface area contributed by atoms with E-state index in [9.17, 15) is 0 Å². The number of thiazole rings is 1. The van der Waals surface area contributed by atoms with Crippen LogP contribution < -0.4 is 4.90 Å². The number of hydrogen-bond acceptors (Lipinski definition) is 4. The maximum absolute atomic E-state index is 4.48. The Morgan fingerprint density at radius 2 is 1.94 bits per heavy atom. The van der Waals surface area contributed by atoms with Crippen LogP contribution in [0.25, 0.3) is 10.6 Å². The minimum atomic E-state index is 0.978. The fourth-order valence-corrected chi connectivity index (χ4v) is 2.83. The fourth-order valence-electron chi connectivity index (χ4n) is 1.64. The standard InChI is InChI=1S/C12H14BrN3S/c1-3-16(4-2)11-6-5-9(7-14-11)12-15-8-10(13)17-12/h5-8H,3-4H2,1-2H3. The molecule has 0 saturated heterocycles. The summed E-state index contributed by atoms with van der Waals surface area (Å²) in [5, 5.41) is 0.996. The zero-order chi connectivity index (χ0) is 12.3. The Morgan fingerprint density at radius 1 is 1.18 bits per heavy atom. The highest BCUT2D eigenvalue weighted by Gasteiger charge is 2.06. The van der Waals surface area contributed by atoms with Gasteiger partial charge in [0.2, 0.25) is 0 Å². The van der Waals surface area contributed by atoms with Crippen molar-refractivity contribution in [2.24, 2.45) is 0 Å². The zero-order valence-corrected chi connectivity index (χ0v) is 12.3. The number of halogens is 1. The van der Waals surface area contributed by atoms with Crippen LogP contribution in [0, 0.1) is 0 Å². The molecule has 0 saturated carbocycles. The molecule has 0 N–H and O–H groups in total. The second kappa shape index (κ2) is 5.60. The Balaban J connectivity index is 2.23.